The zero-order valence-electron chi connectivity index (χ0n) is 17.8. The van der Waals surface area contributed by atoms with E-state index in [2.05, 4.69) is 9.88 Å². The molecule has 1 aliphatic rings. The van der Waals surface area contributed by atoms with Crippen molar-refractivity contribution in [1.29, 1.82) is 0 Å². The van der Waals surface area contributed by atoms with E-state index in [0.717, 1.165) is 42.1 Å². The molecular formula is C25H28N2O3. The third-order valence-electron chi connectivity index (χ3n) is 5.52. The molecule has 0 radical (unpaired) electrons. The van der Waals surface area contributed by atoms with Gasteiger partial charge in [-0.1, -0.05) is 24.3 Å². The third kappa shape index (κ3) is 4.26. The van der Waals surface area contributed by atoms with Gasteiger partial charge in [-0.25, -0.2) is 0 Å². The van der Waals surface area contributed by atoms with Crippen LogP contribution in [0.5, 0.6) is 5.75 Å². The molecule has 1 aliphatic heterocycles. The lowest BCUT2D eigenvalue weighted by atomic mass is 10.2. The number of hydrogen-bond donors (Lipinski definition) is 1. The van der Waals surface area contributed by atoms with Crippen molar-refractivity contribution in [1.82, 2.24) is 4.57 Å². The first-order valence-electron chi connectivity index (χ1n) is 10.4. The van der Waals surface area contributed by atoms with Crippen molar-refractivity contribution in [3.63, 3.8) is 0 Å². The van der Waals surface area contributed by atoms with Crippen LogP contribution in [-0.2, 0) is 4.74 Å². The number of nitrogens with one attached hydrogen (secondary N) is 1. The molecule has 30 heavy (non-hydrogen) atoms. The summed E-state index contributed by atoms with van der Waals surface area (Å²) >= 11 is 0. The van der Waals surface area contributed by atoms with Gasteiger partial charge in [-0.2, -0.15) is 0 Å². The van der Waals surface area contributed by atoms with Crippen LogP contribution in [0.15, 0.2) is 54.6 Å². The van der Waals surface area contributed by atoms with Gasteiger partial charge in [0.1, 0.15) is 12.4 Å². The number of rotatable bonds is 6. The average Bonchev–Trinajstić information content (AvgIpc) is 3.36. The van der Waals surface area contributed by atoms with E-state index in [1.165, 1.54) is 0 Å². The van der Waals surface area contributed by atoms with E-state index in [1.54, 1.807) is 0 Å². The molecule has 5 heteroatoms. The van der Waals surface area contributed by atoms with E-state index >= 15 is 0 Å². The van der Waals surface area contributed by atoms with E-state index in [4.69, 9.17) is 9.47 Å². The van der Waals surface area contributed by atoms with Crippen molar-refractivity contribution in [3.8, 4) is 11.4 Å². The molecule has 1 N–H and O–H groups in total. The minimum absolute atomic E-state index is 0.124. The molecular weight excluding hydrogens is 376 g/mol. The van der Waals surface area contributed by atoms with Crippen LogP contribution >= 0.6 is 0 Å². The lowest BCUT2D eigenvalue weighted by Crippen LogP contribution is -2.18. The Morgan fingerprint density at radius 1 is 1.13 bits per heavy atom. The molecule has 1 saturated heterocycles. The molecule has 5 nitrogen and oxygen atoms in total. The van der Waals surface area contributed by atoms with Crippen molar-refractivity contribution in [2.24, 2.45) is 0 Å². The van der Waals surface area contributed by atoms with Gasteiger partial charge in [0, 0.05) is 23.7 Å². The smallest absolute Gasteiger partial charge is 0.257 e. The van der Waals surface area contributed by atoms with Crippen LogP contribution in [0.25, 0.3) is 5.69 Å². The molecule has 0 aliphatic carbocycles. The molecule has 1 fully saturated rings. The van der Waals surface area contributed by atoms with Crippen LogP contribution in [0.2, 0.25) is 0 Å². The Hall–Kier alpha value is -3.05. The Kier molecular flexibility index (Phi) is 5.91. The SMILES string of the molecule is Cc1ccc(NC(=O)c2cc(C)n(-c3ccccc3)c2C)c(OCC2CCCO2)c1. The molecule has 1 aromatic heterocycles. The van der Waals surface area contributed by atoms with E-state index in [0.29, 0.717) is 23.6 Å². The van der Waals surface area contributed by atoms with Gasteiger partial charge in [-0.3, -0.25) is 4.79 Å². The molecule has 0 spiro atoms. The van der Waals surface area contributed by atoms with Crippen LogP contribution < -0.4 is 10.1 Å². The second kappa shape index (κ2) is 8.76. The fraction of sp³-hybridized carbons (Fsp3) is 0.320. The van der Waals surface area contributed by atoms with Crippen LogP contribution in [0.1, 0.15) is 40.2 Å². The summed E-state index contributed by atoms with van der Waals surface area (Å²) < 4.78 is 13.8. The summed E-state index contributed by atoms with van der Waals surface area (Å²) in [6.45, 7) is 7.28. The second-order valence-corrected chi connectivity index (χ2v) is 7.86. The lowest BCUT2D eigenvalue weighted by Gasteiger charge is -2.16. The minimum Gasteiger partial charge on any atom is -0.489 e. The predicted molar refractivity (Wildman–Crippen MR) is 119 cm³/mol. The van der Waals surface area contributed by atoms with Gasteiger partial charge in [0.2, 0.25) is 0 Å². The first-order valence-corrected chi connectivity index (χ1v) is 10.4. The highest BCUT2D eigenvalue weighted by Gasteiger charge is 2.20. The number of hydrogen-bond acceptors (Lipinski definition) is 3. The quantitative estimate of drug-likeness (QED) is 0.613. The number of carbonyl (C=O) groups excluding carboxylic acids is 1. The first-order chi connectivity index (χ1) is 14.5. The van der Waals surface area contributed by atoms with E-state index < -0.39 is 0 Å². The summed E-state index contributed by atoms with van der Waals surface area (Å²) in [7, 11) is 0. The van der Waals surface area contributed by atoms with Crippen molar-refractivity contribution in [2.75, 3.05) is 18.5 Å². The Morgan fingerprint density at radius 2 is 1.93 bits per heavy atom. The monoisotopic (exact) mass is 404 g/mol. The van der Waals surface area contributed by atoms with Gasteiger partial charge in [-0.15, -0.1) is 0 Å². The van der Waals surface area contributed by atoms with Crippen molar-refractivity contribution in [2.45, 2.75) is 39.7 Å². The number of aromatic nitrogens is 1. The summed E-state index contributed by atoms with van der Waals surface area (Å²) in [6, 6.07) is 17.8. The second-order valence-electron chi connectivity index (χ2n) is 7.86. The highest BCUT2D eigenvalue weighted by Crippen LogP contribution is 2.28. The number of para-hydroxylation sites is 1. The average molecular weight is 405 g/mol. The molecule has 2 heterocycles. The van der Waals surface area contributed by atoms with Gasteiger partial charge < -0.3 is 19.4 Å². The summed E-state index contributed by atoms with van der Waals surface area (Å²) in [5, 5.41) is 3.04. The Morgan fingerprint density at radius 3 is 2.67 bits per heavy atom. The maximum atomic E-state index is 13.1. The maximum absolute atomic E-state index is 13.1. The first kappa shape index (κ1) is 20.2. The number of benzene rings is 2. The molecule has 1 unspecified atom stereocenters. The number of aryl methyl sites for hydroxylation is 2. The van der Waals surface area contributed by atoms with E-state index in [9.17, 15) is 4.79 Å². The Bertz CT molecular complexity index is 1030. The van der Waals surface area contributed by atoms with Gasteiger partial charge in [0.15, 0.2) is 0 Å². The van der Waals surface area contributed by atoms with Gasteiger partial charge in [0.05, 0.1) is 17.4 Å². The molecule has 1 atom stereocenters. The fourth-order valence-electron chi connectivity index (χ4n) is 3.97. The van der Waals surface area contributed by atoms with Crippen LogP contribution in [0.4, 0.5) is 5.69 Å². The largest absolute Gasteiger partial charge is 0.489 e. The van der Waals surface area contributed by atoms with E-state index in [1.807, 2.05) is 75.4 Å². The minimum atomic E-state index is -0.142. The fourth-order valence-corrected chi connectivity index (χ4v) is 3.97. The zero-order chi connectivity index (χ0) is 21.1. The number of carbonyl (C=O) groups is 1. The highest BCUT2D eigenvalue weighted by molar-refractivity contribution is 6.06. The van der Waals surface area contributed by atoms with Crippen molar-refractivity contribution < 1.29 is 14.3 Å². The molecule has 2 aromatic carbocycles. The van der Waals surface area contributed by atoms with Gasteiger partial charge in [-0.05, 0) is 69.5 Å². The Labute approximate surface area is 177 Å². The normalized spacial score (nSPS) is 15.9. The van der Waals surface area contributed by atoms with Crippen LogP contribution in [-0.4, -0.2) is 29.8 Å². The molecule has 4 rings (SSSR count). The molecule has 156 valence electrons. The zero-order valence-corrected chi connectivity index (χ0v) is 17.8. The molecule has 1 amide bonds. The topological polar surface area (TPSA) is 52.5 Å². The summed E-state index contributed by atoms with van der Waals surface area (Å²) in [6.07, 6.45) is 2.21. The predicted octanol–water partition coefficient (Wildman–Crippen LogP) is 5.21. The van der Waals surface area contributed by atoms with Crippen LogP contribution in [0.3, 0.4) is 0 Å². The number of amides is 1. The van der Waals surface area contributed by atoms with Crippen molar-refractivity contribution in [3.05, 3.63) is 77.1 Å². The third-order valence-corrected chi connectivity index (χ3v) is 5.52. The van der Waals surface area contributed by atoms with Gasteiger partial charge >= 0.3 is 0 Å². The highest BCUT2D eigenvalue weighted by atomic mass is 16.5. The van der Waals surface area contributed by atoms with Crippen molar-refractivity contribution >= 4 is 11.6 Å². The maximum Gasteiger partial charge on any atom is 0.257 e. The number of nitrogens with zero attached hydrogens (tertiary/aromatic N) is 1. The summed E-state index contributed by atoms with van der Waals surface area (Å²) in [5.74, 6) is 0.534. The Balaban J connectivity index is 1.56. The number of ether oxygens (including phenoxy) is 2. The summed E-state index contributed by atoms with van der Waals surface area (Å²) in [4.78, 5) is 13.1. The molecule has 3 aromatic rings. The molecule has 0 saturated carbocycles. The molecule has 0 bridgehead atoms. The van der Waals surface area contributed by atoms with Gasteiger partial charge in [0.25, 0.3) is 5.91 Å². The number of anilines is 1. The lowest BCUT2D eigenvalue weighted by molar-refractivity contribution is 0.0681. The summed E-state index contributed by atoms with van der Waals surface area (Å²) in [5.41, 5.74) is 5.38. The standard InChI is InChI=1S/C25H28N2O3/c1-17-11-12-23(24(14-17)30-16-21-10-7-13-29-21)26-25(28)22-15-18(2)27(19(22)3)20-8-5-4-6-9-20/h4-6,8-9,11-12,14-15,21H,7,10,13,16H2,1-3H3,(H,26,28). The van der Waals surface area contributed by atoms with Crippen LogP contribution in [0, 0.1) is 20.8 Å². The van der Waals surface area contributed by atoms with E-state index in [-0.39, 0.29) is 12.0 Å².